The van der Waals surface area contributed by atoms with Crippen LogP contribution in [0.4, 0.5) is 0 Å². The van der Waals surface area contributed by atoms with Gasteiger partial charge in [0.2, 0.25) is 5.12 Å². The van der Waals surface area contributed by atoms with Crippen molar-refractivity contribution in [1.82, 2.24) is 0 Å². The zero-order valence-corrected chi connectivity index (χ0v) is 7.81. The van der Waals surface area contributed by atoms with Crippen molar-refractivity contribution < 1.29 is 14.3 Å². The summed E-state index contributed by atoms with van der Waals surface area (Å²) in [5, 5.41) is 1.72. The highest BCUT2D eigenvalue weighted by atomic mass is 32.2. The van der Waals surface area contributed by atoms with Gasteiger partial charge in [0.05, 0.1) is 18.9 Å². The van der Waals surface area contributed by atoms with Crippen molar-refractivity contribution in [3.63, 3.8) is 0 Å². The van der Waals surface area contributed by atoms with Crippen LogP contribution >= 0.6 is 11.8 Å². The van der Waals surface area contributed by atoms with E-state index in [0.29, 0.717) is 0 Å². The summed E-state index contributed by atoms with van der Waals surface area (Å²) in [5.41, 5.74) is -0.655. The quantitative estimate of drug-likeness (QED) is 0.610. The standard InChI is InChI=1S/C8H10O3S/c1-8(5-6(9)11-2)3-4-12-7(8)10/h3-4H,5H2,1-2H3. The number of rotatable bonds is 2. The molecular formula is C8H10O3S. The van der Waals surface area contributed by atoms with Gasteiger partial charge in [-0.3, -0.25) is 9.59 Å². The Morgan fingerprint density at radius 3 is 2.83 bits per heavy atom. The maximum Gasteiger partial charge on any atom is 0.306 e. The lowest BCUT2D eigenvalue weighted by molar-refractivity contribution is -0.144. The van der Waals surface area contributed by atoms with Gasteiger partial charge in [-0.05, 0) is 12.3 Å². The highest BCUT2D eigenvalue weighted by Gasteiger charge is 2.36. The van der Waals surface area contributed by atoms with Crippen LogP contribution < -0.4 is 0 Å². The summed E-state index contributed by atoms with van der Waals surface area (Å²) in [6, 6.07) is 0. The lowest BCUT2D eigenvalue weighted by Gasteiger charge is -2.16. The fraction of sp³-hybridized carbons (Fsp3) is 0.500. The molecule has 0 aliphatic carbocycles. The molecule has 1 aliphatic heterocycles. The van der Waals surface area contributed by atoms with E-state index in [-0.39, 0.29) is 17.5 Å². The number of carbonyl (C=O) groups excluding carboxylic acids is 2. The Hall–Kier alpha value is -0.770. The monoisotopic (exact) mass is 186 g/mol. The third kappa shape index (κ3) is 1.69. The van der Waals surface area contributed by atoms with Crippen LogP contribution in [-0.2, 0) is 14.3 Å². The van der Waals surface area contributed by atoms with Crippen molar-refractivity contribution >= 4 is 22.8 Å². The molecule has 0 amide bonds. The van der Waals surface area contributed by atoms with E-state index in [4.69, 9.17) is 0 Å². The van der Waals surface area contributed by atoms with Crippen molar-refractivity contribution in [2.75, 3.05) is 7.11 Å². The number of thioether (sulfide) groups is 1. The highest BCUT2D eigenvalue weighted by molar-refractivity contribution is 8.16. The predicted molar refractivity (Wildman–Crippen MR) is 46.5 cm³/mol. The zero-order valence-electron chi connectivity index (χ0n) is 6.99. The van der Waals surface area contributed by atoms with Gasteiger partial charge in [-0.2, -0.15) is 0 Å². The van der Waals surface area contributed by atoms with E-state index < -0.39 is 5.41 Å². The molecule has 0 bridgehead atoms. The fourth-order valence-corrected chi connectivity index (χ4v) is 1.85. The molecule has 66 valence electrons. The van der Waals surface area contributed by atoms with Crippen LogP contribution in [0, 0.1) is 5.41 Å². The van der Waals surface area contributed by atoms with Crippen LogP contribution in [0.3, 0.4) is 0 Å². The summed E-state index contributed by atoms with van der Waals surface area (Å²) in [6.07, 6.45) is 1.88. The van der Waals surface area contributed by atoms with E-state index in [2.05, 4.69) is 4.74 Å². The van der Waals surface area contributed by atoms with Gasteiger partial charge in [-0.25, -0.2) is 0 Å². The minimum Gasteiger partial charge on any atom is -0.469 e. The Morgan fingerprint density at radius 2 is 2.42 bits per heavy atom. The largest absolute Gasteiger partial charge is 0.469 e. The molecular weight excluding hydrogens is 176 g/mol. The molecule has 1 unspecified atom stereocenters. The first-order chi connectivity index (χ1) is 5.58. The van der Waals surface area contributed by atoms with Crippen molar-refractivity contribution in [3.05, 3.63) is 11.5 Å². The van der Waals surface area contributed by atoms with E-state index >= 15 is 0 Å². The SMILES string of the molecule is COC(=O)CC1(C)C=CSC1=O. The molecule has 3 nitrogen and oxygen atoms in total. The number of hydrogen-bond donors (Lipinski definition) is 0. The van der Waals surface area contributed by atoms with Crippen LogP contribution in [-0.4, -0.2) is 18.2 Å². The lowest BCUT2D eigenvalue weighted by Crippen LogP contribution is -2.24. The van der Waals surface area contributed by atoms with Crippen LogP contribution in [0.1, 0.15) is 13.3 Å². The van der Waals surface area contributed by atoms with Gasteiger partial charge < -0.3 is 4.74 Å². The molecule has 0 saturated heterocycles. The molecule has 1 heterocycles. The fourth-order valence-electron chi connectivity index (χ4n) is 0.952. The summed E-state index contributed by atoms with van der Waals surface area (Å²) in [5.74, 6) is -0.349. The second-order valence-corrected chi connectivity index (χ2v) is 3.76. The van der Waals surface area contributed by atoms with Gasteiger partial charge in [0.15, 0.2) is 0 Å². The van der Waals surface area contributed by atoms with Gasteiger partial charge in [0.1, 0.15) is 0 Å². The van der Waals surface area contributed by atoms with Gasteiger partial charge >= 0.3 is 5.97 Å². The van der Waals surface area contributed by atoms with Crippen molar-refractivity contribution in [2.24, 2.45) is 5.41 Å². The summed E-state index contributed by atoms with van der Waals surface area (Å²) < 4.78 is 4.49. The van der Waals surface area contributed by atoms with E-state index in [1.54, 1.807) is 18.4 Å². The van der Waals surface area contributed by atoms with Crippen molar-refractivity contribution in [1.29, 1.82) is 0 Å². The number of allylic oxidation sites excluding steroid dienone is 1. The van der Waals surface area contributed by atoms with Crippen molar-refractivity contribution in [3.8, 4) is 0 Å². The number of esters is 1. The Labute approximate surface area is 75.2 Å². The molecule has 12 heavy (non-hydrogen) atoms. The third-order valence-corrected chi connectivity index (χ3v) is 2.77. The Bertz CT molecular complexity index is 247. The first kappa shape index (κ1) is 9.32. The molecule has 0 aromatic carbocycles. The first-order valence-corrected chi connectivity index (χ1v) is 4.42. The van der Waals surface area contributed by atoms with E-state index in [0.717, 1.165) is 11.8 Å². The minimum absolute atomic E-state index is 0.00731. The number of methoxy groups -OCH3 is 1. The van der Waals surface area contributed by atoms with Gasteiger partial charge in [-0.1, -0.05) is 17.8 Å². The maximum atomic E-state index is 11.2. The molecule has 4 heteroatoms. The average molecular weight is 186 g/mol. The topological polar surface area (TPSA) is 43.4 Å². The molecule has 0 saturated carbocycles. The number of ether oxygens (including phenoxy) is 1. The van der Waals surface area contributed by atoms with Crippen LogP contribution in [0.15, 0.2) is 11.5 Å². The smallest absolute Gasteiger partial charge is 0.306 e. The molecule has 0 aromatic heterocycles. The molecule has 0 N–H and O–H groups in total. The molecule has 1 rings (SSSR count). The molecule has 0 fully saturated rings. The minimum atomic E-state index is -0.655. The first-order valence-electron chi connectivity index (χ1n) is 3.54. The molecule has 0 radical (unpaired) electrons. The van der Waals surface area contributed by atoms with Crippen LogP contribution in [0.25, 0.3) is 0 Å². The second kappa shape index (κ2) is 3.31. The average Bonchev–Trinajstić information content (AvgIpc) is 2.32. The molecule has 0 aromatic rings. The van der Waals surface area contributed by atoms with E-state index in [1.807, 2.05) is 0 Å². The summed E-state index contributed by atoms with van der Waals surface area (Å²) in [6.45, 7) is 1.74. The zero-order chi connectivity index (χ0) is 9.19. The van der Waals surface area contributed by atoms with Crippen LogP contribution in [0.2, 0.25) is 0 Å². The van der Waals surface area contributed by atoms with E-state index in [1.165, 1.54) is 7.11 Å². The number of hydrogen-bond acceptors (Lipinski definition) is 4. The second-order valence-electron chi connectivity index (χ2n) is 2.88. The van der Waals surface area contributed by atoms with Gasteiger partial charge in [-0.15, -0.1) is 0 Å². The lowest BCUT2D eigenvalue weighted by atomic mass is 9.89. The van der Waals surface area contributed by atoms with Gasteiger partial charge in [0.25, 0.3) is 0 Å². The Morgan fingerprint density at radius 1 is 1.75 bits per heavy atom. The van der Waals surface area contributed by atoms with E-state index in [9.17, 15) is 9.59 Å². The molecule has 1 aliphatic rings. The van der Waals surface area contributed by atoms with Crippen molar-refractivity contribution in [2.45, 2.75) is 13.3 Å². The summed E-state index contributed by atoms with van der Waals surface area (Å²) in [4.78, 5) is 22.1. The number of carbonyl (C=O) groups is 2. The highest BCUT2D eigenvalue weighted by Crippen LogP contribution is 2.37. The maximum absolute atomic E-state index is 11.2. The Kier molecular flexibility index (Phi) is 2.57. The third-order valence-electron chi connectivity index (χ3n) is 1.82. The molecule has 0 spiro atoms. The summed E-state index contributed by atoms with van der Waals surface area (Å²) >= 11 is 1.13. The normalized spacial score (nSPS) is 27.7. The Balaban J connectivity index is 2.66. The molecule has 1 atom stereocenters. The van der Waals surface area contributed by atoms with Crippen LogP contribution in [0.5, 0.6) is 0 Å². The van der Waals surface area contributed by atoms with Gasteiger partial charge in [0, 0.05) is 0 Å². The summed E-state index contributed by atoms with van der Waals surface area (Å²) in [7, 11) is 1.32. The predicted octanol–water partition coefficient (Wildman–Crippen LogP) is 1.34.